The minimum atomic E-state index is -0.563. The maximum absolute atomic E-state index is 12.6. The van der Waals surface area contributed by atoms with Crippen LogP contribution in [0.3, 0.4) is 0 Å². The fraction of sp³-hybridized carbons (Fsp3) is 0.200. The zero-order valence-corrected chi connectivity index (χ0v) is 16.4. The van der Waals surface area contributed by atoms with Gasteiger partial charge in [0.05, 0.1) is 18.6 Å². The Bertz CT molecular complexity index is 1010. The molecule has 0 unspecified atom stereocenters. The first kappa shape index (κ1) is 18.7. The Hall–Kier alpha value is -2.11. The Morgan fingerprint density at radius 1 is 1.23 bits per heavy atom. The van der Waals surface area contributed by atoms with Crippen LogP contribution >= 0.6 is 27.5 Å². The number of alkyl halides is 1. The number of hydrogen-bond donors (Lipinski definition) is 0. The monoisotopic (exact) mass is 434 g/mol. The molecule has 0 N–H and O–H groups in total. The predicted molar refractivity (Wildman–Crippen MR) is 106 cm³/mol. The average Bonchev–Trinajstić information content (AvgIpc) is 2.63. The molecule has 0 aliphatic heterocycles. The standard InChI is InChI=1S/C20H16BrClO4/c1-2-25-18(23)9-15-19(12-6-4-3-5-7-12)14-8-13(11-21)16(22)10-17(14)26-20(15)24/h3-8,10H,2,9,11H2,1H3. The van der Waals surface area contributed by atoms with Crippen molar-refractivity contribution in [2.75, 3.05) is 6.61 Å². The fourth-order valence-electron chi connectivity index (χ4n) is 2.86. The van der Waals surface area contributed by atoms with Gasteiger partial charge in [-0.3, -0.25) is 4.79 Å². The highest BCUT2D eigenvalue weighted by atomic mass is 79.9. The lowest BCUT2D eigenvalue weighted by molar-refractivity contribution is -0.142. The molecule has 0 aliphatic carbocycles. The summed E-state index contributed by atoms with van der Waals surface area (Å²) >= 11 is 9.67. The molecule has 134 valence electrons. The van der Waals surface area contributed by atoms with Gasteiger partial charge in [0.15, 0.2) is 0 Å². The summed E-state index contributed by atoms with van der Waals surface area (Å²) in [6.45, 7) is 1.98. The molecule has 3 rings (SSSR count). The third-order valence-corrected chi connectivity index (χ3v) is 4.96. The van der Waals surface area contributed by atoms with E-state index in [2.05, 4.69) is 15.9 Å². The van der Waals surface area contributed by atoms with E-state index in [1.165, 1.54) is 0 Å². The molecule has 2 aromatic carbocycles. The first-order valence-electron chi connectivity index (χ1n) is 8.10. The molecular formula is C20H16BrClO4. The molecule has 0 fully saturated rings. The van der Waals surface area contributed by atoms with E-state index in [4.69, 9.17) is 20.8 Å². The Balaban J connectivity index is 2.34. The molecule has 0 bridgehead atoms. The molecule has 1 aromatic heterocycles. The first-order valence-corrected chi connectivity index (χ1v) is 9.60. The van der Waals surface area contributed by atoms with Crippen LogP contribution < -0.4 is 5.63 Å². The van der Waals surface area contributed by atoms with E-state index in [9.17, 15) is 9.59 Å². The van der Waals surface area contributed by atoms with Crippen molar-refractivity contribution in [1.82, 2.24) is 0 Å². The molecule has 0 radical (unpaired) electrons. The number of carbonyl (C=O) groups excluding carboxylic acids is 1. The lowest BCUT2D eigenvalue weighted by atomic mass is 9.94. The van der Waals surface area contributed by atoms with Crippen LogP contribution in [-0.4, -0.2) is 12.6 Å². The van der Waals surface area contributed by atoms with Crippen molar-refractivity contribution in [3.8, 4) is 11.1 Å². The summed E-state index contributed by atoms with van der Waals surface area (Å²) in [5.41, 5.74) is 2.47. The molecule has 0 saturated carbocycles. The van der Waals surface area contributed by atoms with Crippen molar-refractivity contribution in [2.45, 2.75) is 18.7 Å². The number of halogens is 2. The summed E-state index contributed by atoms with van der Waals surface area (Å²) in [4.78, 5) is 24.6. The predicted octanol–water partition coefficient (Wildman–Crippen LogP) is 5.11. The Kier molecular flexibility index (Phi) is 5.79. The number of ether oxygens (including phenoxy) is 1. The van der Waals surface area contributed by atoms with E-state index in [0.717, 1.165) is 16.5 Å². The largest absolute Gasteiger partial charge is 0.466 e. The van der Waals surface area contributed by atoms with Gasteiger partial charge in [-0.1, -0.05) is 57.9 Å². The van der Waals surface area contributed by atoms with Crippen molar-refractivity contribution in [3.63, 3.8) is 0 Å². The summed E-state index contributed by atoms with van der Waals surface area (Å²) in [6, 6.07) is 13.0. The van der Waals surface area contributed by atoms with Crippen LogP contribution in [0.4, 0.5) is 0 Å². The molecule has 0 atom stereocenters. The van der Waals surface area contributed by atoms with Crippen LogP contribution in [0.25, 0.3) is 22.1 Å². The van der Waals surface area contributed by atoms with Crippen molar-refractivity contribution in [2.24, 2.45) is 0 Å². The highest BCUT2D eigenvalue weighted by molar-refractivity contribution is 9.08. The molecule has 4 nitrogen and oxygen atoms in total. The van der Waals surface area contributed by atoms with Crippen molar-refractivity contribution >= 4 is 44.5 Å². The minimum Gasteiger partial charge on any atom is -0.466 e. The number of benzene rings is 2. The van der Waals surface area contributed by atoms with Gasteiger partial charge in [-0.25, -0.2) is 4.79 Å². The Labute approximate surface area is 163 Å². The number of rotatable bonds is 5. The number of esters is 1. The van der Waals surface area contributed by atoms with Crippen LogP contribution in [0.15, 0.2) is 51.7 Å². The molecule has 26 heavy (non-hydrogen) atoms. The van der Waals surface area contributed by atoms with E-state index in [1.54, 1.807) is 13.0 Å². The molecule has 6 heteroatoms. The van der Waals surface area contributed by atoms with Gasteiger partial charge in [-0.05, 0) is 24.1 Å². The number of carbonyl (C=O) groups is 1. The van der Waals surface area contributed by atoms with Crippen LogP contribution in [0, 0.1) is 0 Å². The fourth-order valence-corrected chi connectivity index (χ4v) is 3.71. The molecule has 0 saturated heterocycles. The van der Waals surface area contributed by atoms with Crippen molar-refractivity contribution in [1.29, 1.82) is 0 Å². The first-order chi connectivity index (χ1) is 12.5. The smallest absolute Gasteiger partial charge is 0.340 e. The van der Waals surface area contributed by atoms with E-state index in [0.29, 0.717) is 21.5 Å². The molecule has 0 aliphatic rings. The average molecular weight is 436 g/mol. The Morgan fingerprint density at radius 3 is 2.62 bits per heavy atom. The SMILES string of the molecule is CCOC(=O)Cc1c(-c2ccccc2)c2cc(CBr)c(Cl)cc2oc1=O. The van der Waals surface area contributed by atoms with Gasteiger partial charge in [0.2, 0.25) is 0 Å². The summed E-state index contributed by atoms with van der Waals surface area (Å²) < 4.78 is 10.5. The normalized spacial score (nSPS) is 10.9. The zero-order valence-electron chi connectivity index (χ0n) is 14.1. The third kappa shape index (κ3) is 3.69. The summed E-state index contributed by atoms with van der Waals surface area (Å²) in [5, 5.41) is 1.80. The van der Waals surface area contributed by atoms with Gasteiger partial charge in [-0.2, -0.15) is 0 Å². The van der Waals surface area contributed by atoms with Gasteiger partial charge in [-0.15, -0.1) is 0 Å². The topological polar surface area (TPSA) is 56.5 Å². The summed E-state index contributed by atoms with van der Waals surface area (Å²) in [7, 11) is 0. The van der Waals surface area contributed by atoms with Crippen LogP contribution in [0.5, 0.6) is 0 Å². The third-order valence-electron chi connectivity index (χ3n) is 4.00. The van der Waals surface area contributed by atoms with Crippen LogP contribution in [0.2, 0.25) is 5.02 Å². The van der Waals surface area contributed by atoms with Crippen molar-refractivity contribution in [3.05, 3.63) is 69.0 Å². The lowest BCUT2D eigenvalue weighted by Crippen LogP contribution is -2.17. The van der Waals surface area contributed by atoms with Crippen molar-refractivity contribution < 1.29 is 13.9 Å². The van der Waals surface area contributed by atoms with Gasteiger partial charge in [0.1, 0.15) is 5.58 Å². The number of hydrogen-bond acceptors (Lipinski definition) is 4. The zero-order chi connectivity index (χ0) is 18.7. The van der Waals surface area contributed by atoms with E-state index < -0.39 is 11.6 Å². The second kappa shape index (κ2) is 8.06. The highest BCUT2D eigenvalue weighted by Crippen LogP contribution is 2.34. The minimum absolute atomic E-state index is 0.150. The second-order valence-electron chi connectivity index (χ2n) is 5.66. The van der Waals surface area contributed by atoms with E-state index in [1.807, 2.05) is 36.4 Å². The van der Waals surface area contributed by atoms with Gasteiger partial charge >= 0.3 is 11.6 Å². The molecule has 0 amide bonds. The molecule has 1 heterocycles. The quantitative estimate of drug-likeness (QED) is 0.317. The summed E-state index contributed by atoms with van der Waals surface area (Å²) in [6.07, 6.45) is -0.150. The van der Waals surface area contributed by atoms with Gasteiger partial charge in [0, 0.05) is 27.4 Å². The van der Waals surface area contributed by atoms with E-state index in [-0.39, 0.29) is 18.6 Å². The maximum Gasteiger partial charge on any atom is 0.340 e. The second-order valence-corrected chi connectivity index (χ2v) is 6.63. The highest BCUT2D eigenvalue weighted by Gasteiger charge is 2.20. The number of fused-ring (bicyclic) bond motifs is 1. The van der Waals surface area contributed by atoms with Gasteiger partial charge < -0.3 is 9.15 Å². The van der Waals surface area contributed by atoms with Gasteiger partial charge in [0.25, 0.3) is 0 Å². The maximum atomic E-state index is 12.6. The molecular weight excluding hydrogens is 420 g/mol. The molecule has 0 spiro atoms. The Morgan fingerprint density at radius 2 is 1.96 bits per heavy atom. The molecule has 3 aromatic rings. The lowest BCUT2D eigenvalue weighted by Gasteiger charge is -2.13. The van der Waals surface area contributed by atoms with Crippen LogP contribution in [-0.2, 0) is 21.3 Å². The van der Waals surface area contributed by atoms with Crippen LogP contribution in [0.1, 0.15) is 18.1 Å². The summed E-state index contributed by atoms with van der Waals surface area (Å²) in [5.74, 6) is -0.467. The van der Waals surface area contributed by atoms with E-state index >= 15 is 0 Å².